The van der Waals surface area contributed by atoms with Crippen LogP contribution in [0.2, 0.25) is 0 Å². The summed E-state index contributed by atoms with van der Waals surface area (Å²) < 4.78 is 7.24. The number of rotatable bonds is 3. The molecule has 24 heavy (non-hydrogen) atoms. The summed E-state index contributed by atoms with van der Waals surface area (Å²) >= 11 is 0. The van der Waals surface area contributed by atoms with Crippen molar-refractivity contribution in [2.24, 2.45) is 7.05 Å². The molecule has 7 heteroatoms. The van der Waals surface area contributed by atoms with Crippen LogP contribution in [0.15, 0.2) is 30.5 Å². The Kier molecular flexibility index (Phi) is 3.78. The van der Waals surface area contributed by atoms with E-state index in [1.54, 1.807) is 4.68 Å². The molecular formula is C17H20N6O. The van der Waals surface area contributed by atoms with Gasteiger partial charge in [-0.3, -0.25) is 4.68 Å². The Labute approximate surface area is 140 Å². The van der Waals surface area contributed by atoms with Crippen molar-refractivity contribution in [3.8, 4) is 0 Å². The standard InChI is InChI=1S/C17H20N6O/c1-12-4-3-5-13(10-12)19-17-20-15-14(11-18-22(15)2)16(21-17)23-6-8-24-9-7-23/h3-5,10-11H,6-9H2,1-2H3,(H,19,20,21). The Balaban J connectivity index is 1.76. The normalized spacial score (nSPS) is 15.0. The van der Waals surface area contributed by atoms with Gasteiger partial charge in [0.2, 0.25) is 5.95 Å². The van der Waals surface area contributed by atoms with Crippen molar-refractivity contribution in [1.82, 2.24) is 19.7 Å². The highest BCUT2D eigenvalue weighted by Gasteiger charge is 2.19. The molecule has 2 aromatic heterocycles. The highest BCUT2D eigenvalue weighted by atomic mass is 16.5. The van der Waals surface area contributed by atoms with Crippen LogP contribution in [0.5, 0.6) is 0 Å². The molecule has 1 aliphatic rings. The third-order valence-corrected chi connectivity index (χ3v) is 4.16. The lowest BCUT2D eigenvalue weighted by Crippen LogP contribution is -2.37. The zero-order valence-corrected chi connectivity index (χ0v) is 13.9. The second-order valence-corrected chi connectivity index (χ2v) is 5.97. The van der Waals surface area contributed by atoms with E-state index in [1.165, 1.54) is 5.56 Å². The number of benzene rings is 1. The second-order valence-electron chi connectivity index (χ2n) is 5.97. The Hall–Kier alpha value is -2.67. The first-order chi connectivity index (χ1) is 11.7. The van der Waals surface area contributed by atoms with Gasteiger partial charge in [-0.25, -0.2) is 0 Å². The van der Waals surface area contributed by atoms with E-state index < -0.39 is 0 Å². The number of hydrogen-bond donors (Lipinski definition) is 1. The molecule has 4 rings (SSSR count). The molecule has 0 aliphatic carbocycles. The van der Waals surface area contributed by atoms with Crippen molar-refractivity contribution in [1.29, 1.82) is 0 Å². The minimum Gasteiger partial charge on any atom is -0.378 e. The summed E-state index contributed by atoms with van der Waals surface area (Å²) in [4.78, 5) is 11.6. The molecule has 0 saturated carbocycles. The molecule has 0 atom stereocenters. The fourth-order valence-electron chi connectivity index (χ4n) is 2.93. The van der Waals surface area contributed by atoms with Crippen LogP contribution in [0.3, 0.4) is 0 Å². The number of ether oxygens (including phenoxy) is 1. The minimum atomic E-state index is 0.582. The summed E-state index contributed by atoms with van der Waals surface area (Å²) in [5, 5.41) is 8.62. The van der Waals surface area contributed by atoms with Gasteiger partial charge in [0.05, 0.1) is 24.8 Å². The van der Waals surface area contributed by atoms with E-state index in [0.717, 1.165) is 35.6 Å². The molecule has 1 aliphatic heterocycles. The van der Waals surface area contributed by atoms with E-state index in [-0.39, 0.29) is 0 Å². The van der Waals surface area contributed by atoms with Crippen LogP contribution in [0.4, 0.5) is 17.5 Å². The van der Waals surface area contributed by atoms with Crippen molar-refractivity contribution >= 4 is 28.5 Å². The molecule has 0 spiro atoms. The topological polar surface area (TPSA) is 68.1 Å². The molecule has 124 valence electrons. The number of aromatic nitrogens is 4. The quantitative estimate of drug-likeness (QED) is 0.797. The Morgan fingerprint density at radius 1 is 1.17 bits per heavy atom. The molecule has 1 aromatic carbocycles. The lowest BCUT2D eigenvalue weighted by atomic mass is 10.2. The van der Waals surface area contributed by atoms with E-state index in [2.05, 4.69) is 39.4 Å². The number of morpholine rings is 1. The minimum absolute atomic E-state index is 0.582. The number of hydrogen-bond acceptors (Lipinski definition) is 6. The zero-order valence-electron chi connectivity index (χ0n) is 13.9. The van der Waals surface area contributed by atoms with Gasteiger partial charge in [-0.1, -0.05) is 12.1 Å². The Bertz CT molecular complexity index is 869. The van der Waals surface area contributed by atoms with Gasteiger partial charge in [0.15, 0.2) is 5.65 Å². The first-order valence-corrected chi connectivity index (χ1v) is 8.07. The van der Waals surface area contributed by atoms with Crippen LogP contribution >= 0.6 is 0 Å². The van der Waals surface area contributed by atoms with Crippen molar-refractivity contribution in [2.45, 2.75) is 6.92 Å². The fraction of sp³-hybridized carbons (Fsp3) is 0.353. The Morgan fingerprint density at radius 2 is 2.00 bits per heavy atom. The van der Waals surface area contributed by atoms with Gasteiger partial charge in [-0.05, 0) is 24.6 Å². The third-order valence-electron chi connectivity index (χ3n) is 4.16. The average molecular weight is 324 g/mol. The predicted octanol–water partition coefficient (Wildman–Crippen LogP) is 2.25. The summed E-state index contributed by atoms with van der Waals surface area (Å²) in [7, 11) is 1.90. The molecule has 1 saturated heterocycles. The molecule has 0 amide bonds. The lowest BCUT2D eigenvalue weighted by Gasteiger charge is -2.28. The first kappa shape index (κ1) is 14.9. The molecule has 0 radical (unpaired) electrons. The van der Waals surface area contributed by atoms with E-state index in [0.29, 0.717) is 19.2 Å². The van der Waals surface area contributed by atoms with E-state index in [4.69, 9.17) is 9.72 Å². The van der Waals surface area contributed by atoms with Gasteiger partial charge < -0.3 is 15.0 Å². The predicted molar refractivity (Wildman–Crippen MR) is 93.8 cm³/mol. The smallest absolute Gasteiger partial charge is 0.231 e. The van der Waals surface area contributed by atoms with E-state index in [9.17, 15) is 0 Å². The molecule has 1 N–H and O–H groups in total. The third kappa shape index (κ3) is 2.78. The molecule has 0 unspecified atom stereocenters. The van der Waals surface area contributed by atoms with E-state index >= 15 is 0 Å². The SMILES string of the molecule is Cc1cccc(Nc2nc(N3CCOCC3)c3cnn(C)c3n2)c1. The molecule has 0 bridgehead atoms. The highest BCUT2D eigenvalue weighted by molar-refractivity contribution is 5.88. The second kappa shape index (κ2) is 6.09. The number of aryl methyl sites for hydroxylation is 2. The average Bonchev–Trinajstić information content (AvgIpc) is 2.96. The lowest BCUT2D eigenvalue weighted by molar-refractivity contribution is 0.122. The summed E-state index contributed by atoms with van der Waals surface area (Å²) in [6.45, 7) is 5.14. The maximum Gasteiger partial charge on any atom is 0.231 e. The molecule has 3 heterocycles. The number of fused-ring (bicyclic) bond motifs is 1. The number of anilines is 3. The summed E-state index contributed by atoms with van der Waals surface area (Å²) in [6.07, 6.45) is 1.83. The van der Waals surface area contributed by atoms with Crippen LogP contribution < -0.4 is 10.2 Å². The van der Waals surface area contributed by atoms with Gasteiger partial charge >= 0.3 is 0 Å². The monoisotopic (exact) mass is 324 g/mol. The number of nitrogens with zero attached hydrogens (tertiary/aromatic N) is 5. The fourth-order valence-corrected chi connectivity index (χ4v) is 2.93. The van der Waals surface area contributed by atoms with Crippen LogP contribution in [-0.4, -0.2) is 46.1 Å². The largest absolute Gasteiger partial charge is 0.378 e. The van der Waals surface area contributed by atoms with Gasteiger partial charge in [0, 0.05) is 25.8 Å². The summed E-state index contributed by atoms with van der Waals surface area (Å²) in [5.74, 6) is 1.49. The highest BCUT2D eigenvalue weighted by Crippen LogP contribution is 2.27. The first-order valence-electron chi connectivity index (χ1n) is 8.07. The van der Waals surface area contributed by atoms with Crippen LogP contribution in [0.25, 0.3) is 11.0 Å². The van der Waals surface area contributed by atoms with Crippen molar-refractivity contribution < 1.29 is 4.74 Å². The maximum absolute atomic E-state index is 5.46. The summed E-state index contributed by atoms with van der Waals surface area (Å²) in [6, 6.07) is 8.17. The van der Waals surface area contributed by atoms with Crippen LogP contribution in [0.1, 0.15) is 5.56 Å². The Morgan fingerprint density at radius 3 is 2.79 bits per heavy atom. The maximum atomic E-state index is 5.46. The molecule has 3 aromatic rings. The zero-order chi connectivity index (χ0) is 16.5. The van der Waals surface area contributed by atoms with Crippen molar-refractivity contribution in [3.63, 3.8) is 0 Å². The van der Waals surface area contributed by atoms with Gasteiger partial charge in [-0.2, -0.15) is 15.1 Å². The van der Waals surface area contributed by atoms with Crippen LogP contribution in [-0.2, 0) is 11.8 Å². The van der Waals surface area contributed by atoms with Crippen molar-refractivity contribution in [2.75, 3.05) is 36.5 Å². The molecule has 1 fully saturated rings. The van der Waals surface area contributed by atoms with Gasteiger partial charge in [0.1, 0.15) is 5.82 Å². The van der Waals surface area contributed by atoms with Crippen molar-refractivity contribution in [3.05, 3.63) is 36.0 Å². The summed E-state index contributed by atoms with van der Waals surface area (Å²) in [5.41, 5.74) is 2.99. The molecule has 7 nitrogen and oxygen atoms in total. The van der Waals surface area contributed by atoms with Gasteiger partial charge in [0.25, 0.3) is 0 Å². The van der Waals surface area contributed by atoms with E-state index in [1.807, 2.05) is 25.4 Å². The van der Waals surface area contributed by atoms with Gasteiger partial charge in [-0.15, -0.1) is 0 Å². The van der Waals surface area contributed by atoms with Crippen LogP contribution in [0, 0.1) is 6.92 Å². The number of nitrogens with one attached hydrogen (secondary N) is 1. The molecular weight excluding hydrogens is 304 g/mol.